The summed E-state index contributed by atoms with van der Waals surface area (Å²) in [6.45, 7) is 0.643. The largest absolute Gasteiger partial charge is 0.478 e. The number of hydrogen-bond acceptors (Lipinski definition) is 4. The lowest BCUT2D eigenvalue weighted by molar-refractivity contribution is -0.186. The maximum absolute atomic E-state index is 12.1. The Labute approximate surface area is 145 Å². The quantitative estimate of drug-likeness (QED) is 0.816. The first-order valence-electron chi connectivity index (χ1n) is 8.15. The molecule has 0 radical (unpaired) electrons. The van der Waals surface area contributed by atoms with Gasteiger partial charge in [0.25, 0.3) is 5.91 Å². The molecule has 1 heterocycles. The van der Waals surface area contributed by atoms with E-state index < -0.39 is 12.3 Å². The minimum Gasteiger partial charge on any atom is -0.478 e. The van der Waals surface area contributed by atoms with Crippen LogP contribution in [0, 0.1) is 0 Å². The van der Waals surface area contributed by atoms with Gasteiger partial charge in [-0.1, -0.05) is 24.3 Å². The van der Waals surface area contributed by atoms with E-state index in [1.54, 1.807) is 42.5 Å². The zero-order valence-corrected chi connectivity index (χ0v) is 13.6. The molecule has 6 heteroatoms. The van der Waals surface area contributed by atoms with Crippen molar-refractivity contribution in [3.8, 4) is 11.1 Å². The lowest BCUT2D eigenvalue weighted by atomic mass is 10.0. The standard InChI is InChI=1S/C19H19NO5/c21-18(20-25-17-6-1-2-11-24-17)14-9-7-13(8-10-14)15-4-3-5-16(12-15)19(22)23/h3-5,7-10,12,17H,1-2,6,11H2,(H,20,21)(H,22,23). The van der Waals surface area contributed by atoms with E-state index in [2.05, 4.69) is 5.48 Å². The van der Waals surface area contributed by atoms with Crippen LogP contribution in [0.1, 0.15) is 40.0 Å². The number of benzene rings is 2. The molecule has 2 aromatic carbocycles. The molecule has 25 heavy (non-hydrogen) atoms. The second-order valence-electron chi connectivity index (χ2n) is 5.81. The fourth-order valence-electron chi connectivity index (χ4n) is 2.63. The van der Waals surface area contributed by atoms with Gasteiger partial charge < -0.3 is 9.84 Å². The molecule has 130 valence electrons. The fourth-order valence-corrected chi connectivity index (χ4v) is 2.63. The first-order chi connectivity index (χ1) is 12.1. The SMILES string of the molecule is O=C(O)c1cccc(-c2ccc(C(=O)NOC3CCCCO3)cc2)c1. The average molecular weight is 341 g/mol. The average Bonchev–Trinajstić information content (AvgIpc) is 2.67. The van der Waals surface area contributed by atoms with Crippen LogP contribution in [0.15, 0.2) is 48.5 Å². The van der Waals surface area contributed by atoms with E-state index in [9.17, 15) is 9.59 Å². The predicted octanol–water partition coefficient (Wildman–Crippen LogP) is 3.24. The van der Waals surface area contributed by atoms with Crippen molar-refractivity contribution in [2.75, 3.05) is 6.61 Å². The molecule has 2 aromatic rings. The van der Waals surface area contributed by atoms with E-state index >= 15 is 0 Å². The predicted molar refractivity (Wildman–Crippen MR) is 91.0 cm³/mol. The number of hydrogen-bond donors (Lipinski definition) is 2. The molecule has 6 nitrogen and oxygen atoms in total. The molecular formula is C19H19NO5. The van der Waals surface area contributed by atoms with Gasteiger partial charge in [-0.25, -0.2) is 15.1 Å². The monoisotopic (exact) mass is 341 g/mol. The number of carbonyl (C=O) groups excluding carboxylic acids is 1. The van der Waals surface area contributed by atoms with E-state index in [1.165, 1.54) is 0 Å². The molecule has 1 amide bonds. The van der Waals surface area contributed by atoms with Crippen molar-refractivity contribution in [1.82, 2.24) is 5.48 Å². The highest BCUT2D eigenvalue weighted by molar-refractivity contribution is 5.94. The number of nitrogens with one attached hydrogen (secondary N) is 1. The number of carboxylic acid groups (broad SMARTS) is 1. The molecule has 0 aliphatic carbocycles. The van der Waals surface area contributed by atoms with Crippen molar-refractivity contribution in [3.05, 3.63) is 59.7 Å². The summed E-state index contributed by atoms with van der Waals surface area (Å²) in [5.74, 6) is -1.32. The summed E-state index contributed by atoms with van der Waals surface area (Å²) >= 11 is 0. The van der Waals surface area contributed by atoms with Crippen LogP contribution in [0.5, 0.6) is 0 Å². The summed E-state index contributed by atoms with van der Waals surface area (Å²) < 4.78 is 5.39. The number of ether oxygens (including phenoxy) is 1. The van der Waals surface area contributed by atoms with Gasteiger partial charge in [0.05, 0.1) is 5.56 Å². The topological polar surface area (TPSA) is 84.9 Å². The molecule has 1 unspecified atom stereocenters. The Bertz CT molecular complexity index is 751. The van der Waals surface area contributed by atoms with Crippen molar-refractivity contribution in [2.45, 2.75) is 25.6 Å². The minimum atomic E-state index is -0.972. The molecule has 0 aromatic heterocycles. The molecular weight excluding hydrogens is 322 g/mol. The number of rotatable bonds is 5. The minimum absolute atomic E-state index is 0.222. The third kappa shape index (κ3) is 4.43. The van der Waals surface area contributed by atoms with Gasteiger partial charge in [0, 0.05) is 18.6 Å². The molecule has 2 N–H and O–H groups in total. The summed E-state index contributed by atoms with van der Waals surface area (Å²) in [5, 5.41) is 9.06. The highest BCUT2D eigenvalue weighted by atomic mass is 16.8. The summed E-state index contributed by atoms with van der Waals surface area (Å²) in [4.78, 5) is 28.4. The van der Waals surface area contributed by atoms with Gasteiger partial charge in [0.1, 0.15) is 0 Å². The van der Waals surface area contributed by atoms with Crippen molar-refractivity contribution < 1.29 is 24.3 Å². The molecule has 1 atom stereocenters. The Morgan fingerprint density at radius 1 is 1.04 bits per heavy atom. The van der Waals surface area contributed by atoms with Crippen LogP contribution in [0.4, 0.5) is 0 Å². The molecule has 3 rings (SSSR count). The van der Waals surface area contributed by atoms with Crippen LogP contribution in [-0.2, 0) is 9.57 Å². The number of amides is 1. The molecule has 0 spiro atoms. The van der Waals surface area contributed by atoms with Crippen molar-refractivity contribution in [2.24, 2.45) is 0 Å². The molecule has 1 aliphatic rings. The van der Waals surface area contributed by atoms with E-state index in [-0.39, 0.29) is 11.5 Å². The molecule has 1 fully saturated rings. The van der Waals surface area contributed by atoms with Gasteiger partial charge in [-0.3, -0.25) is 4.79 Å². The van der Waals surface area contributed by atoms with Crippen LogP contribution in [0.2, 0.25) is 0 Å². The first-order valence-corrected chi connectivity index (χ1v) is 8.15. The van der Waals surface area contributed by atoms with Crippen LogP contribution >= 0.6 is 0 Å². The number of carboxylic acids is 1. The Morgan fingerprint density at radius 3 is 2.52 bits per heavy atom. The third-order valence-electron chi connectivity index (χ3n) is 4.01. The Balaban J connectivity index is 1.64. The van der Waals surface area contributed by atoms with E-state index in [4.69, 9.17) is 14.7 Å². The van der Waals surface area contributed by atoms with Gasteiger partial charge in [-0.15, -0.1) is 0 Å². The molecule has 0 saturated carbocycles. The Hall–Kier alpha value is -2.70. The second kappa shape index (κ2) is 7.92. The zero-order valence-electron chi connectivity index (χ0n) is 13.6. The van der Waals surface area contributed by atoms with Crippen molar-refractivity contribution in [3.63, 3.8) is 0 Å². The van der Waals surface area contributed by atoms with Crippen LogP contribution in [-0.4, -0.2) is 29.9 Å². The smallest absolute Gasteiger partial charge is 0.335 e. The van der Waals surface area contributed by atoms with Gasteiger partial charge in [0.15, 0.2) is 6.29 Å². The highest BCUT2D eigenvalue weighted by Crippen LogP contribution is 2.21. The second-order valence-corrected chi connectivity index (χ2v) is 5.81. The third-order valence-corrected chi connectivity index (χ3v) is 4.01. The van der Waals surface area contributed by atoms with Crippen LogP contribution in [0.25, 0.3) is 11.1 Å². The normalized spacial score (nSPS) is 17.0. The zero-order chi connectivity index (χ0) is 17.6. The number of hydroxylamine groups is 1. The number of aromatic carboxylic acids is 1. The lowest BCUT2D eigenvalue weighted by Crippen LogP contribution is -2.33. The summed E-state index contributed by atoms with van der Waals surface area (Å²) in [6.07, 6.45) is 2.40. The van der Waals surface area contributed by atoms with Crippen molar-refractivity contribution in [1.29, 1.82) is 0 Å². The van der Waals surface area contributed by atoms with Gasteiger partial charge >= 0.3 is 5.97 Å². The summed E-state index contributed by atoms with van der Waals surface area (Å²) in [6, 6.07) is 13.5. The van der Waals surface area contributed by atoms with Gasteiger partial charge in [-0.2, -0.15) is 0 Å². The first kappa shape index (κ1) is 17.1. The summed E-state index contributed by atoms with van der Waals surface area (Å²) in [7, 11) is 0. The molecule has 0 bridgehead atoms. The van der Waals surface area contributed by atoms with Crippen LogP contribution in [0.3, 0.4) is 0 Å². The van der Waals surface area contributed by atoms with E-state index in [0.717, 1.165) is 30.4 Å². The van der Waals surface area contributed by atoms with Gasteiger partial charge in [0.2, 0.25) is 0 Å². The highest BCUT2D eigenvalue weighted by Gasteiger charge is 2.16. The Morgan fingerprint density at radius 2 is 1.84 bits per heavy atom. The number of carbonyl (C=O) groups is 2. The maximum atomic E-state index is 12.1. The molecule has 1 aliphatic heterocycles. The summed E-state index contributed by atoms with van der Waals surface area (Å²) in [5.41, 5.74) is 4.69. The van der Waals surface area contributed by atoms with Crippen molar-refractivity contribution >= 4 is 11.9 Å². The lowest BCUT2D eigenvalue weighted by Gasteiger charge is -2.22. The van der Waals surface area contributed by atoms with Crippen LogP contribution < -0.4 is 5.48 Å². The molecule has 1 saturated heterocycles. The fraction of sp³-hybridized carbons (Fsp3) is 0.263. The van der Waals surface area contributed by atoms with E-state index in [1.807, 2.05) is 6.07 Å². The van der Waals surface area contributed by atoms with E-state index in [0.29, 0.717) is 12.2 Å². The Kier molecular flexibility index (Phi) is 5.42. The maximum Gasteiger partial charge on any atom is 0.335 e. The van der Waals surface area contributed by atoms with Gasteiger partial charge in [-0.05, 0) is 48.2 Å².